The number of nitrogens with zero attached hydrogens (tertiary/aromatic N) is 2. The van der Waals surface area contributed by atoms with Gasteiger partial charge in [0.1, 0.15) is 0 Å². The molecule has 100 valence electrons. The molecule has 0 saturated heterocycles. The van der Waals surface area contributed by atoms with Crippen molar-refractivity contribution in [1.29, 1.82) is 0 Å². The quantitative estimate of drug-likeness (QED) is 0.928. The lowest BCUT2D eigenvalue weighted by atomic mass is 9.82. The van der Waals surface area contributed by atoms with E-state index in [1.54, 1.807) is 0 Å². The number of hydrogen-bond donors (Lipinski definition) is 1. The molecule has 0 radical (unpaired) electrons. The van der Waals surface area contributed by atoms with Crippen LogP contribution >= 0.6 is 11.5 Å². The Labute approximate surface area is 118 Å². The van der Waals surface area contributed by atoms with Gasteiger partial charge < -0.3 is 5.32 Å². The maximum Gasteiger partial charge on any atom is 0.0893 e. The van der Waals surface area contributed by atoms with Crippen molar-refractivity contribution in [1.82, 2.24) is 14.9 Å². The summed E-state index contributed by atoms with van der Waals surface area (Å²) in [5.41, 5.74) is 2.57. The van der Waals surface area contributed by atoms with Gasteiger partial charge in [0.05, 0.1) is 5.69 Å². The normalized spacial score (nSPS) is 23.4. The van der Waals surface area contributed by atoms with Gasteiger partial charge in [-0.05, 0) is 48.7 Å². The van der Waals surface area contributed by atoms with Crippen molar-refractivity contribution in [3.05, 3.63) is 47.0 Å². The summed E-state index contributed by atoms with van der Waals surface area (Å²) in [5.74, 6) is 0.750. The van der Waals surface area contributed by atoms with Gasteiger partial charge in [-0.2, -0.15) is 0 Å². The van der Waals surface area contributed by atoms with Crippen LogP contribution in [-0.2, 0) is 6.54 Å². The molecule has 0 unspecified atom stereocenters. The van der Waals surface area contributed by atoms with Gasteiger partial charge in [-0.25, -0.2) is 0 Å². The molecule has 1 saturated carbocycles. The molecule has 0 aliphatic heterocycles. The predicted molar refractivity (Wildman–Crippen MR) is 78.2 cm³/mol. The predicted octanol–water partition coefficient (Wildman–Crippen LogP) is 3.35. The van der Waals surface area contributed by atoms with E-state index in [0.29, 0.717) is 6.04 Å². The van der Waals surface area contributed by atoms with Crippen molar-refractivity contribution in [3.8, 4) is 0 Å². The van der Waals surface area contributed by atoms with E-state index in [-0.39, 0.29) is 0 Å². The Hall–Kier alpha value is -1.26. The zero-order chi connectivity index (χ0) is 12.9. The Bertz CT molecular complexity index is 475. The van der Waals surface area contributed by atoms with Crippen LogP contribution in [-0.4, -0.2) is 15.6 Å². The third-order valence-electron chi connectivity index (χ3n) is 3.98. The second kappa shape index (κ2) is 6.26. The number of nitrogens with one attached hydrogen (secondary N) is 1. The summed E-state index contributed by atoms with van der Waals surface area (Å²) < 4.78 is 3.89. The van der Waals surface area contributed by atoms with Crippen LogP contribution in [0.25, 0.3) is 0 Å². The SMILES string of the molecule is c1ccc(C2CCC(NCc3csnn3)CC2)cc1. The van der Waals surface area contributed by atoms with Crippen LogP contribution in [0, 0.1) is 0 Å². The van der Waals surface area contributed by atoms with E-state index in [4.69, 9.17) is 0 Å². The van der Waals surface area contributed by atoms with Crippen LogP contribution in [0.5, 0.6) is 0 Å². The Morgan fingerprint density at radius 2 is 1.89 bits per heavy atom. The van der Waals surface area contributed by atoms with Crippen LogP contribution in [0.3, 0.4) is 0 Å². The molecule has 1 aromatic carbocycles. The Balaban J connectivity index is 1.47. The van der Waals surface area contributed by atoms with E-state index in [0.717, 1.165) is 18.2 Å². The van der Waals surface area contributed by atoms with Gasteiger partial charge in [0, 0.05) is 18.0 Å². The summed E-state index contributed by atoms with van der Waals surface area (Å²) >= 11 is 1.42. The van der Waals surface area contributed by atoms with Crippen LogP contribution < -0.4 is 5.32 Å². The first kappa shape index (κ1) is 12.8. The highest BCUT2D eigenvalue weighted by Gasteiger charge is 2.21. The van der Waals surface area contributed by atoms with E-state index >= 15 is 0 Å². The topological polar surface area (TPSA) is 37.8 Å². The highest BCUT2D eigenvalue weighted by atomic mass is 32.1. The molecule has 3 rings (SSSR count). The molecule has 4 heteroatoms. The van der Waals surface area contributed by atoms with Gasteiger partial charge in [0.15, 0.2) is 0 Å². The summed E-state index contributed by atoms with van der Waals surface area (Å²) in [4.78, 5) is 0. The summed E-state index contributed by atoms with van der Waals surface area (Å²) in [7, 11) is 0. The molecule has 1 aliphatic rings. The van der Waals surface area contributed by atoms with Crippen molar-refractivity contribution in [2.75, 3.05) is 0 Å². The lowest BCUT2D eigenvalue weighted by molar-refractivity contribution is 0.340. The smallest absolute Gasteiger partial charge is 0.0893 e. The third kappa shape index (κ3) is 3.39. The van der Waals surface area contributed by atoms with Crippen molar-refractivity contribution in [2.45, 2.75) is 44.2 Å². The molecule has 0 amide bonds. The fraction of sp³-hybridized carbons (Fsp3) is 0.467. The second-order valence-electron chi connectivity index (χ2n) is 5.24. The molecular weight excluding hydrogens is 254 g/mol. The van der Waals surface area contributed by atoms with Crippen LogP contribution in [0.1, 0.15) is 42.9 Å². The van der Waals surface area contributed by atoms with Gasteiger partial charge in [-0.1, -0.05) is 34.8 Å². The van der Waals surface area contributed by atoms with Crippen molar-refractivity contribution in [2.24, 2.45) is 0 Å². The number of hydrogen-bond acceptors (Lipinski definition) is 4. The Morgan fingerprint density at radius 3 is 2.58 bits per heavy atom. The largest absolute Gasteiger partial charge is 0.308 e. The minimum absolute atomic E-state index is 0.640. The monoisotopic (exact) mass is 273 g/mol. The zero-order valence-corrected chi connectivity index (χ0v) is 11.8. The highest BCUT2D eigenvalue weighted by molar-refractivity contribution is 7.03. The fourth-order valence-corrected chi connectivity index (χ4v) is 3.32. The number of benzene rings is 1. The fourth-order valence-electron chi connectivity index (χ4n) is 2.87. The van der Waals surface area contributed by atoms with Crippen LogP contribution in [0.4, 0.5) is 0 Å². The van der Waals surface area contributed by atoms with Gasteiger partial charge >= 0.3 is 0 Å². The lowest BCUT2D eigenvalue weighted by Gasteiger charge is -2.29. The summed E-state index contributed by atoms with van der Waals surface area (Å²) in [6.07, 6.45) is 5.10. The van der Waals surface area contributed by atoms with Crippen LogP contribution in [0.15, 0.2) is 35.7 Å². The van der Waals surface area contributed by atoms with E-state index in [9.17, 15) is 0 Å². The van der Waals surface area contributed by atoms with Gasteiger partial charge in [-0.15, -0.1) is 5.10 Å². The van der Waals surface area contributed by atoms with Crippen molar-refractivity contribution >= 4 is 11.5 Å². The summed E-state index contributed by atoms with van der Waals surface area (Å²) in [5, 5.41) is 9.69. The third-order valence-corrected chi connectivity index (χ3v) is 4.53. The average Bonchev–Trinajstić information content (AvgIpc) is 3.00. The Morgan fingerprint density at radius 1 is 1.11 bits per heavy atom. The van der Waals surface area contributed by atoms with Gasteiger partial charge in [-0.3, -0.25) is 0 Å². The molecule has 1 fully saturated rings. The van der Waals surface area contributed by atoms with Gasteiger partial charge in [0.2, 0.25) is 0 Å². The molecule has 1 aliphatic carbocycles. The number of aromatic nitrogens is 2. The molecule has 2 aromatic rings. The maximum atomic E-state index is 4.07. The molecule has 19 heavy (non-hydrogen) atoms. The standard InChI is InChI=1S/C15H19N3S/c1-2-4-12(5-3-1)13-6-8-14(9-7-13)16-10-15-11-19-18-17-15/h1-5,11,13-14,16H,6-10H2. The van der Waals surface area contributed by atoms with E-state index < -0.39 is 0 Å². The second-order valence-corrected chi connectivity index (χ2v) is 5.85. The lowest BCUT2D eigenvalue weighted by Crippen LogP contribution is -2.32. The summed E-state index contributed by atoms with van der Waals surface area (Å²) in [6, 6.07) is 11.6. The van der Waals surface area contributed by atoms with E-state index in [2.05, 4.69) is 45.2 Å². The van der Waals surface area contributed by atoms with Crippen molar-refractivity contribution in [3.63, 3.8) is 0 Å². The first-order valence-corrected chi connectivity index (χ1v) is 7.80. The van der Waals surface area contributed by atoms with Gasteiger partial charge in [0.25, 0.3) is 0 Å². The molecule has 1 aromatic heterocycles. The first-order chi connectivity index (χ1) is 9.42. The molecule has 1 N–H and O–H groups in total. The van der Waals surface area contributed by atoms with E-state index in [1.807, 2.05) is 5.38 Å². The molecule has 0 bridgehead atoms. The average molecular weight is 273 g/mol. The molecule has 0 spiro atoms. The van der Waals surface area contributed by atoms with E-state index in [1.165, 1.54) is 42.8 Å². The molecule has 1 heterocycles. The van der Waals surface area contributed by atoms with Crippen molar-refractivity contribution < 1.29 is 0 Å². The highest BCUT2D eigenvalue weighted by Crippen LogP contribution is 2.32. The minimum atomic E-state index is 0.640. The zero-order valence-electron chi connectivity index (χ0n) is 11.0. The molecule has 0 atom stereocenters. The molecular formula is C15H19N3S. The minimum Gasteiger partial charge on any atom is -0.308 e. The van der Waals surface area contributed by atoms with Crippen LogP contribution in [0.2, 0.25) is 0 Å². The summed E-state index contributed by atoms with van der Waals surface area (Å²) in [6.45, 7) is 0.858. The Kier molecular flexibility index (Phi) is 4.20. The molecule has 3 nitrogen and oxygen atoms in total. The first-order valence-electron chi connectivity index (χ1n) is 6.96. The maximum absolute atomic E-state index is 4.07. The number of rotatable bonds is 4.